The van der Waals surface area contributed by atoms with Gasteiger partial charge in [-0.05, 0) is 19.4 Å². The van der Waals surface area contributed by atoms with E-state index in [1.165, 1.54) is 0 Å². The molecule has 0 aromatic heterocycles. The molecule has 0 aromatic carbocycles. The van der Waals surface area contributed by atoms with Crippen LogP contribution in [-0.4, -0.2) is 29.5 Å². The average Bonchev–Trinajstić information content (AvgIpc) is 2.53. The highest BCUT2D eigenvalue weighted by Crippen LogP contribution is 2.06. The van der Waals surface area contributed by atoms with Crippen molar-refractivity contribution in [2.75, 3.05) is 6.54 Å². The summed E-state index contributed by atoms with van der Waals surface area (Å²) >= 11 is 0. The minimum absolute atomic E-state index is 0.345. The Bertz CT molecular complexity index is 200. The van der Waals surface area contributed by atoms with E-state index in [2.05, 4.69) is 5.32 Å². The number of primary amides is 1. The summed E-state index contributed by atoms with van der Waals surface area (Å²) < 4.78 is 0. The van der Waals surface area contributed by atoms with Crippen molar-refractivity contribution >= 4 is 11.9 Å². The number of hydrogen-bond donors (Lipinski definition) is 3. The van der Waals surface area contributed by atoms with Crippen LogP contribution in [0.1, 0.15) is 12.8 Å². The number of hydrogen-bond acceptors (Lipinski definition) is 4. The first-order valence-electron chi connectivity index (χ1n) is 3.74. The molecular weight excluding hydrogens is 160 g/mol. The molecule has 1 heterocycles. The highest BCUT2D eigenvalue weighted by atomic mass is 16.2. The zero-order chi connectivity index (χ0) is 9.14. The van der Waals surface area contributed by atoms with Crippen molar-refractivity contribution in [1.29, 1.82) is 0 Å². The molecule has 1 aliphatic rings. The van der Waals surface area contributed by atoms with Gasteiger partial charge in [-0.1, -0.05) is 0 Å². The van der Waals surface area contributed by atoms with Gasteiger partial charge in [-0.25, -0.2) is 10.6 Å². The van der Waals surface area contributed by atoms with Crippen molar-refractivity contribution in [2.45, 2.75) is 18.9 Å². The Balaban J connectivity index is 2.51. The Hall–Kier alpha value is -1.14. The van der Waals surface area contributed by atoms with Crippen LogP contribution in [0.25, 0.3) is 0 Å². The van der Waals surface area contributed by atoms with E-state index in [0.717, 1.165) is 13.0 Å². The second kappa shape index (κ2) is 3.51. The summed E-state index contributed by atoms with van der Waals surface area (Å²) in [5, 5.41) is 3.36. The fourth-order valence-electron chi connectivity index (χ4n) is 1.17. The van der Waals surface area contributed by atoms with Crippen LogP contribution in [0.2, 0.25) is 0 Å². The quantitative estimate of drug-likeness (QED) is 0.255. The molecule has 0 bridgehead atoms. The van der Waals surface area contributed by atoms with Crippen LogP contribution in [-0.2, 0) is 4.79 Å². The number of hydrazine groups is 1. The molecule has 0 aliphatic carbocycles. The van der Waals surface area contributed by atoms with E-state index in [1.807, 2.05) is 0 Å². The molecule has 3 amide bonds. The summed E-state index contributed by atoms with van der Waals surface area (Å²) in [6.45, 7) is 0.781. The average molecular weight is 172 g/mol. The molecule has 1 rings (SSSR count). The van der Waals surface area contributed by atoms with Gasteiger partial charge in [0.25, 0.3) is 5.91 Å². The summed E-state index contributed by atoms with van der Waals surface area (Å²) in [7, 11) is 0. The molecule has 0 spiro atoms. The molecule has 6 nitrogen and oxygen atoms in total. The van der Waals surface area contributed by atoms with E-state index in [-0.39, 0.29) is 6.04 Å². The molecule has 1 saturated heterocycles. The first-order valence-corrected chi connectivity index (χ1v) is 3.74. The zero-order valence-electron chi connectivity index (χ0n) is 6.62. The fraction of sp³-hybridized carbons (Fsp3) is 0.667. The molecule has 6 heteroatoms. The van der Waals surface area contributed by atoms with E-state index in [4.69, 9.17) is 11.6 Å². The predicted molar refractivity (Wildman–Crippen MR) is 41.6 cm³/mol. The summed E-state index contributed by atoms with van der Waals surface area (Å²) in [6, 6.07) is -1.27. The van der Waals surface area contributed by atoms with Crippen LogP contribution in [0.15, 0.2) is 0 Å². The third-order valence-electron chi connectivity index (χ3n) is 1.83. The molecule has 68 valence electrons. The summed E-state index contributed by atoms with van der Waals surface area (Å²) in [4.78, 5) is 21.7. The number of carbonyl (C=O) groups excluding carboxylic acids is 2. The lowest BCUT2D eigenvalue weighted by Gasteiger charge is -2.15. The van der Waals surface area contributed by atoms with Gasteiger partial charge < -0.3 is 11.1 Å². The van der Waals surface area contributed by atoms with E-state index >= 15 is 0 Å². The third kappa shape index (κ3) is 1.72. The molecule has 1 aliphatic heterocycles. The smallest absolute Gasteiger partial charge is 0.336 e. The Morgan fingerprint density at radius 3 is 2.58 bits per heavy atom. The maximum absolute atomic E-state index is 11.2. The number of amides is 3. The van der Waals surface area contributed by atoms with E-state index in [1.54, 1.807) is 0 Å². The first kappa shape index (κ1) is 8.95. The maximum Gasteiger partial charge on any atom is 0.336 e. The summed E-state index contributed by atoms with van der Waals surface area (Å²) in [5.74, 6) is 4.65. The minimum atomic E-state index is -0.922. The van der Waals surface area contributed by atoms with Crippen LogP contribution >= 0.6 is 0 Å². The van der Waals surface area contributed by atoms with Crippen LogP contribution < -0.4 is 16.9 Å². The van der Waals surface area contributed by atoms with Crippen LogP contribution in [0.3, 0.4) is 0 Å². The normalized spacial score (nSPS) is 22.2. The first-order chi connectivity index (χ1) is 5.63. The van der Waals surface area contributed by atoms with Crippen molar-refractivity contribution in [3.63, 3.8) is 0 Å². The van der Waals surface area contributed by atoms with E-state index in [9.17, 15) is 9.59 Å². The number of nitrogens with zero attached hydrogens (tertiary/aromatic N) is 1. The molecule has 0 radical (unpaired) electrons. The van der Waals surface area contributed by atoms with Gasteiger partial charge in [-0.3, -0.25) is 4.79 Å². The molecule has 1 fully saturated rings. The molecular formula is C6H12N4O2. The summed E-state index contributed by atoms with van der Waals surface area (Å²) in [6.07, 6.45) is 1.63. The second-order valence-electron chi connectivity index (χ2n) is 2.70. The Morgan fingerprint density at radius 1 is 1.50 bits per heavy atom. The van der Waals surface area contributed by atoms with Gasteiger partial charge in [-0.2, -0.15) is 5.01 Å². The van der Waals surface area contributed by atoms with Crippen LogP contribution in [0.4, 0.5) is 4.79 Å². The SMILES string of the molecule is NC(=O)N(N)C(=O)[C@@H]1CCCN1. The second-order valence-corrected chi connectivity index (χ2v) is 2.70. The van der Waals surface area contributed by atoms with Crippen molar-refractivity contribution in [2.24, 2.45) is 11.6 Å². The lowest BCUT2D eigenvalue weighted by molar-refractivity contribution is -0.130. The van der Waals surface area contributed by atoms with Gasteiger partial charge in [0.05, 0.1) is 6.04 Å². The van der Waals surface area contributed by atoms with E-state index in [0.29, 0.717) is 11.4 Å². The third-order valence-corrected chi connectivity index (χ3v) is 1.83. The van der Waals surface area contributed by atoms with E-state index < -0.39 is 11.9 Å². The topological polar surface area (TPSA) is 101 Å². The van der Waals surface area contributed by atoms with Crippen molar-refractivity contribution in [3.8, 4) is 0 Å². The lowest BCUT2D eigenvalue weighted by atomic mass is 10.2. The molecule has 12 heavy (non-hydrogen) atoms. The number of urea groups is 1. The highest BCUT2D eigenvalue weighted by molar-refractivity contribution is 5.95. The predicted octanol–water partition coefficient (Wildman–Crippen LogP) is -1.48. The number of nitrogens with one attached hydrogen (secondary N) is 1. The van der Waals surface area contributed by atoms with Crippen LogP contribution in [0.5, 0.6) is 0 Å². The molecule has 5 N–H and O–H groups in total. The van der Waals surface area contributed by atoms with Crippen molar-refractivity contribution in [3.05, 3.63) is 0 Å². The number of imide groups is 1. The number of nitrogens with two attached hydrogens (primary N) is 2. The van der Waals surface area contributed by atoms with Gasteiger partial charge in [0, 0.05) is 0 Å². The molecule has 1 atom stereocenters. The van der Waals surface area contributed by atoms with Crippen molar-refractivity contribution in [1.82, 2.24) is 10.3 Å². The van der Waals surface area contributed by atoms with Crippen molar-refractivity contribution < 1.29 is 9.59 Å². The minimum Gasteiger partial charge on any atom is -0.350 e. The van der Waals surface area contributed by atoms with Crippen LogP contribution in [0, 0.1) is 0 Å². The highest BCUT2D eigenvalue weighted by Gasteiger charge is 2.27. The summed E-state index contributed by atoms with van der Waals surface area (Å²) in [5.41, 5.74) is 4.82. The Morgan fingerprint density at radius 2 is 2.17 bits per heavy atom. The monoisotopic (exact) mass is 172 g/mol. The Kier molecular flexibility index (Phi) is 2.61. The molecule has 0 aromatic rings. The standard InChI is InChI=1S/C6H12N4O2/c7-6(12)10(8)5(11)4-2-1-3-9-4/h4,9H,1-3,8H2,(H2,7,12)/t4-/m0/s1. The number of carbonyl (C=O) groups is 2. The number of rotatable bonds is 1. The van der Waals surface area contributed by atoms with Gasteiger partial charge >= 0.3 is 6.03 Å². The van der Waals surface area contributed by atoms with Gasteiger partial charge in [-0.15, -0.1) is 0 Å². The maximum atomic E-state index is 11.2. The zero-order valence-corrected chi connectivity index (χ0v) is 6.62. The largest absolute Gasteiger partial charge is 0.350 e. The lowest BCUT2D eigenvalue weighted by Crippen LogP contribution is -2.52. The fourth-order valence-corrected chi connectivity index (χ4v) is 1.17. The Labute approximate surface area is 69.8 Å². The van der Waals surface area contributed by atoms with Gasteiger partial charge in [0.15, 0.2) is 0 Å². The molecule has 0 saturated carbocycles. The molecule has 0 unspecified atom stereocenters. The van der Waals surface area contributed by atoms with Gasteiger partial charge in [0.1, 0.15) is 0 Å². The van der Waals surface area contributed by atoms with Gasteiger partial charge in [0.2, 0.25) is 0 Å².